The third kappa shape index (κ3) is 2.61. The number of aromatic nitrogens is 6. The van der Waals surface area contributed by atoms with Crippen LogP contribution in [0.15, 0.2) is 42.7 Å². The number of fused-ring (bicyclic) bond motifs is 2. The highest BCUT2D eigenvalue weighted by molar-refractivity contribution is 6.05. The van der Waals surface area contributed by atoms with Crippen LogP contribution >= 0.6 is 0 Å². The van der Waals surface area contributed by atoms with E-state index in [1.54, 1.807) is 10.9 Å². The summed E-state index contributed by atoms with van der Waals surface area (Å²) in [4.78, 5) is 17.2. The molecule has 1 unspecified atom stereocenters. The first-order chi connectivity index (χ1) is 13.2. The van der Waals surface area contributed by atoms with Crippen molar-refractivity contribution in [3.8, 4) is 11.3 Å². The summed E-state index contributed by atoms with van der Waals surface area (Å²) in [5, 5.41) is 15.8. The van der Waals surface area contributed by atoms with Gasteiger partial charge in [-0.25, -0.2) is 9.67 Å². The van der Waals surface area contributed by atoms with Crippen LogP contribution in [-0.2, 0) is 24.8 Å². The second-order valence-electron chi connectivity index (χ2n) is 6.86. The summed E-state index contributed by atoms with van der Waals surface area (Å²) < 4.78 is 3.78. The number of aromatic amines is 1. The topological polar surface area (TPSA) is 93.4 Å². The molecule has 3 aromatic heterocycles. The first-order valence-electron chi connectivity index (χ1n) is 8.98. The molecule has 0 spiro atoms. The zero-order valence-electron chi connectivity index (χ0n) is 14.9. The number of benzene rings is 1. The number of H-pyrrole nitrogens is 1. The van der Waals surface area contributed by atoms with Gasteiger partial charge in [0.2, 0.25) is 5.91 Å². The fourth-order valence-corrected chi connectivity index (χ4v) is 3.73. The summed E-state index contributed by atoms with van der Waals surface area (Å²) in [5.74, 6) is 1.53. The van der Waals surface area contributed by atoms with Crippen molar-refractivity contribution in [1.29, 1.82) is 0 Å². The van der Waals surface area contributed by atoms with Crippen molar-refractivity contribution in [3.63, 3.8) is 0 Å². The molecule has 8 heteroatoms. The van der Waals surface area contributed by atoms with E-state index in [9.17, 15) is 4.79 Å². The van der Waals surface area contributed by atoms with E-state index < -0.39 is 0 Å². The van der Waals surface area contributed by atoms with Crippen molar-refractivity contribution in [3.05, 3.63) is 48.5 Å². The molecule has 0 fully saturated rings. The number of amides is 1. The zero-order chi connectivity index (χ0) is 18.4. The summed E-state index contributed by atoms with van der Waals surface area (Å²) in [5.41, 5.74) is 2.50. The van der Waals surface area contributed by atoms with Crippen molar-refractivity contribution >= 4 is 22.8 Å². The number of nitrogens with zero attached hydrogens (tertiary/aromatic N) is 5. The number of carbonyl (C=O) groups is 1. The van der Waals surface area contributed by atoms with Gasteiger partial charge in [-0.15, -0.1) is 0 Å². The van der Waals surface area contributed by atoms with E-state index >= 15 is 0 Å². The minimum absolute atomic E-state index is 0.0113. The lowest BCUT2D eigenvalue weighted by molar-refractivity contribution is -0.120. The minimum atomic E-state index is -0.0955. The molecule has 0 saturated carbocycles. The lowest BCUT2D eigenvalue weighted by atomic mass is 9.98. The Morgan fingerprint density at radius 2 is 2.15 bits per heavy atom. The Morgan fingerprint density at radius 3 is 3.00 bits per heavy atom. The summed E-state index contributed by atoms with van der Waals surface area (Å²) in [6.45, 7) is 0.650. The number of hydrogen-bond acceptors (Lipinski definition) is 4. The van der Waals surface area contributed by atoms with Gasteiger partial charge in [0.1, 0.15) is 17.3 Å². The number of carbonyl (C=O) groups excluding carboxylic acids is 1. The average Bonchev–Trinajstić information content (AvgIpc) is 3.39. The largest absolute Gasteiger partial charge is 0.334 e. The van der Waals surface area contributed by atoms with Crippen molar-refractivity contribution in [2.24, 2.45) is 13.0 Å². The third-order valence-corrected chi connectivity index (χ3v) is 5.14. The van der Waals surface area contributed by atoms with Gasteiger partial charge >= 0.3 is 0 Å². The summed E-state index contributed by atoms with van der Waals surface area (Å²) in [7, 11) is 1.85. The normalized spacial score (nSPS) is 16.4. The number of aryl methyl sites for hydroxylation is 2. The first-order valence-corrected chi connectivity index (χ1v) is 8.98. The van der Waals surface area contributed by atoms with E-state index in [2.05, 4.69) is 30.2 Å². The molecule has 5 rings (SSSR count). The van der Waals surface area contributed by atoms with Gasteiger partial charge in [0.05, 0.1) is 11.3 Å². The molecule has 4 aromatic rings. The number of rotatable bonds is 3. The van der Waals surface area contributed by atoms with Gasteiger partial charge < -0.3 is 9.88 Å². The van der Waals surface area contributed by atoms with Crippen LogP contribution in [0.5, 0.6) is 0 Å². The van der Waals surface area contributed by atoms with Crippen molar-refractivity contribution < 1.29 is 4.79 Å². The second-order valence-corrected chi connectivity index (χ2v) is 6.86. The summed E-state index contributed by atoms with van der Waals surface area (Å²) >= 11 is 0. The Bertz CT molecular complexity index is 1120. The molecule has 27 heavy (non-hydrogen) atoms. The Labute approximate surface area is 155 Å². The molecular formula is C19H19N7O. The lowest BCUT2D eigenvalue weighted by Gasteiger charge is -2.22. The molecule has 0 saturated heterocycles. The monoisotopic (exact) mass is 361 g/mol. The highest BCUT2D eigenvalue weighted by Gasteiger charge is 2.27. The molecule has 1 aliphatic heterocycles. The van der Waals surface area contributed by atoms with E-state index in [1.165, 1.54) is 0 Å². The SMILES string of the molecule is Cn1nc(-c2ccccc2)c2c(NC(=O)C3CCc4nccn4C3)[nH]nc21. The third-order valence-electron chi connectivity index (χ3n) is 5.14. The number of anilines is 1. The predicted molar refractivity (Wildman–Crippen MR) is 101 cm³/mol. The maximum absolute atomic E-state index is 12.9. The Balaban J connectivity index is 1.47. The van der Waals surface area contributed by atoms with E-state index in [0.29, 0.717) is 18.0 Å². The maximum atomic E-state index is 12.9. The van der Waals surface area contributed by atoms with Crippen LogP contribution in [0.1, 0.15) is 12.2 Å². The molecule has 2 N–H and O–H groups in total. The number of nitrogens with one attached hydrogen (secondary N) is 2. The van der Waals surface area contributed by atoms with Crippen molar-refractivity contribution in [1.82, 2.24) is 29.5 Å². The Kier molecular flexibility index (Phi) is 3.56. The molecule has 136 valence electrons. The van der Waals surface area contributed by atoms with Crippen LogP contribution in [0, 0.1) is 5.92 Å². The van der Waals surface area contributed by atoms with E-state index in [4.69, 9.17) is 0 Å². The summed E-state index contributed by atoms with van der Waals surface area (Å²) in [6, 6.07) is 9.91. The van der Waals surface area contributed by atoms with Crippen molar-refractivity contribution in [2.75, 3.05) is 5.32 Å². The van der Waals surface area contributed by atoms with Gasteiger partial charge in [-0.05, 0) is 6.42 Å². The highest BCUT2D eigenvalue weighted by atomic mass is 16.2. The fourth-order valence-electron chi connectivity index (χ4n) is 3.73. The van der Waals surface area contributed by atoms with E-state index in [1.807, 2.05) is 43.6 Å². The quantitative estimate of drug-likeness (QED) is 0.586. The van der Waals surface area contributed by atoms with Gasteiger partial charge in [-0.2, -0.15) is 10.2 Å². The molecule has 1 aromatic carbocycles. The van der Waals surface area contributed by atoms with Crippen LogP contribution in [0.4, 0.5) is 5.82 Å². The Hall–Kier alpha value is -3.42. The molecule has 0 bridgehead atoms. The van der Waals surface area contributed by atoms with Crippen molar-refractivity contribution in [2.45, 2.75) is 19.4 Å². The molecule has 1 aliphatic rings. The standard InChI is InChI=1S/C19H19N7O/c1-25-18-15(16(24-25)12-5-3-2-4-6-12)17(22-23-18)21-19(27)13-7-8-14-20-9-10-26(14)11-13/h2-6,9-10,13H,7-8,11H2,1H3,(H2,21,22,23,27). The van der Waals surface area contributed by atoms with Crippen LogP contribution in [0.2, 0.25) is 0 Å². The average molecular weight is 361 g/mol. The minimum Gasteiger partial charge on any atom is -0.334 e. The van der Waals surface area contributed by atoms with Gasteiger partial charge in [0, 0.05) is 38.0 Å². The van der Waals surface area contributed by atoms with Crippen LogP contribution in [0.25, 0.3) is 22.3 Å². The summed E-state index contributed by atoms with van der Waals surface area (Å²) in [6.07, 6.45) is 5.32. The second kappa shape index (κ2) is 6.08. The van der Waals surface area contributed by atoms with E-state index in [0.717, 1.165) is 35.3 Å². The molecule has 8 nitrogen and oxygen atoms in total. The van der Waals surface area contributed by atoms with Gasteiger partial charge in [-0.3, -0.25) is 9.89 Å². The van der Waals surface area contributed by atoms with Crippen LogP contribution in [-0.4, -0.2) is 35.4 Å². The maximum Gasteiger partial charge on any atom is 0.230 e. The smallest absolute Gasteiger partial charge is 0.230 e. The van der Waals surface area contributed by atoms with Gasteiger partial charge in [-0.1, -0.05) is 30.3 Å². The Morgan fingerprint density at radius 1 is 1.30 bits per heavy atom. The first kappa shape index (κ1) is 15.8. The number of hydrogen-bond donors (Lipinski definition) is 2. The molecule has 0 radical (unpaired) electrons. The predicted octanol–water partition coefficient (Wildman–Crippen LogP) is 2.36. The van der Waals surface area contributed by atoms with Gasteiger partial charge in [0.15, 0.2) is 5.65 Å². The van der Waals surface area contributed by atoms with Crippen LogP contribution in [0.3, 0.4) is 0 Å². The molecular weight excluding hydrogens is 342 g/mol. The molecule has 1 atom stereocenters. The molecule has 1 amide bonds. The van der Waals surface area contributed by atoms with Gasteiger partial charge in [0.25, 0.3) is 0 Å². The lowest BCUT2D eigenvalue weighted by Crippen LogP contribution is -2.31. The highest BCUT2D eigenvalue weighted by Crippen LogP contribution is 2.32. The molecule has 0 aliphatic carbocycles. The van der Waals surface area contributed by atoms with E-state index in [-0.39, 0.29) is 11.8 Å². The van der Waals surface area contributed by atoms with Crippen LogP contribution < -0.4 is 5.32 Å². The zero-order valence-corrected chi connectivity index (χ0v) is 14.9. The molecule has 4 heterocycles. The fraction of sp³-hybridized carbons (Fsp3) is 0.263. The number of imidazole rings is 1.